The van der Waals surface area contributed by atoms with Crippen LogP contribution in [0.4, 0.5) is 0 Å². The van der Waals surface area contributed by atoms with Crippen molar-refractivity contribution in [3.05, 3.63) is 50.8 Å². The summed E-state index contributed by atoms with van der Waals surface area (Å²) in [7, 11) is 0. The van der Waals surface area contributed by atoms with Crippen molar-refractivity contribution in [2.24, 2.45) is 0 Å². The van der Waals surface area contributed by atoms with Crippen LogP contribution >= 0.6 is 23.2 Å². The number of carbonyl (C=O) groups is 1. The van der Waals surface area contributed by atoms with E-state index in [1.807, 2.05) is 17.0 Å². The van der Waals surface area contributed by atoms with Gasteiger partial charge in [-0.05, 0) is 37.0 Å². The molecule has 4 rings (SSSR count). The average Bonchev–Trinajstić information content (AvgIpc) is 3.08. The van der Waals surface area contributed by atoms with Gasteiger partial charge in [-0.1, -0.05) is 34.4 Å². The van der Waals surface area contributed by atoms with E-state index in [2.05, 4.69) is 10.1 Å². The van der Waals surface area contributed by atoms with Gasteiger partial charge >= 0.3 is 0 Å². The number of benzene rings is 1. The number of aryl methyl sites for hydroxylation is 1. The molecule has 0 N–H and O–H groups in total. The monoisotopic (exact) mass is 393 g/mol. The molecule has 26 heavy (non-hydrogen) atoms. The van der Waals surface area contributed by atoms with Gasteiger partial charge in [0.05, 0.1) is 0 Å². The third-order valence-corrected chi connectivity index (χ3v) is 5.81. The predicted octanol–water partition coefficient (Wildman–Crippen LogP) is 3.82. The Kier molecular flexibility index (Phi) is 5.20. The summed E-state index contributed by atoms with van der Waals surface area (Å²) >= 11 is 12.2. The van der Waals surface area contributed by atoms with E-state index >= 15 is 0 Å². The molecule has 1 aliphatic heterocycles. The van der Waals surface area contributed by atoms with Gasteiger partial charge < -0.3 is 9.42 Å². The maximum atomic E-state index is 12.8. The van der Waals surface area contributed by atoms with Gasteiger partial charge in [0.1, 0.15) is 5.76 Å². The summed E-state index contributed by atoms with van der Waals surface area (Å²) < 4.78 is 5.39. The Hall–Kier alpha value is -1.56. The number of rotatable bonds is 3. The van der Waals surface area contributed by atoms with Crippen molar-refractivity contribution < 1.29 is 9.32 Å². The van der Waals surface area contributed by atoms with Crippen LogP contribution in [0.1, 0.15) is 40.2 Å². The van der Waals surface area contributed by atoms with Crippen molar-refractivity contribution in [2.45, 2.75) is 32.2 Å². The minimum Gasteiger partial charge on any atom is -0.360 e. The minimum absolute atomic E-state index is 0.000996. The molecule has 1 aromatic heterocycles. The van der Waals surface area contributed by atoms with Crippen molar-refractivity contribution in [2.75, 3.05) is 26.2 Å². The number of hydrogen-bond acceptors (Lipinski definition) is 4. The first-order valence-corrected chi connectivity index (χ1v) is 9.80. The second kappa shape index (κ2) is 7.59. The maximum Gasteiger partial charge on any atom is 0.276 e. The molecule has 0 spiro atoms. The van der Waals surface area contributed by atoms with Crippen LogP contribution in [0.15, 0.2) is 22.7 Å². The SMILES string of the molecule is O=C(c1noc2c1CCCC2)N1CCN(Cc2ccc(Cl)cc2Cl)CC1. The second-order valence-corrected chi connectivity index (χ2v) is 7.79. The van der Waals surface area contributed by atoms with E-state index in [0.717, 1.165) is 62.2 Å². The lowest BCUT2D eigenvalue weighted by Crippen LogP contribution is -2.48. The van der Waals surface area contributed by atoms with Crippen molar-refractivity contribution in [3.63, 3.8) is 0 Å². The Morgan fingerprint density at radius 3 is 2.65 bits per heavy atom. The molecule has 0 atom stereocenters. The molecule has 2 aliphatic rings. The number of aromatic nitrogens is 1. The summed E-state index contributed by atoms with van der Waals surface area (Å²) in [5.74, 6) is 0.900. The van der Waals surface area contributed by atoms with Crippen molar-refractivity contribution >= 4 is 29.1 Å². The molecule has 5 nitrogen and oxygen atoms in total. The average molecular weight is 394 g/mol. The Morgan fingerprint density at radius 2 is 1.88 bits per heavy atom. The number of nitrogens with zero attached hydrogens (tertiary/aromatic N) is 3. The quantitative estimate of drug-likeness (QED) is 0.794. The summed E-state index contributed by atoms with van der Waals surface area (Å²) in [6.07, 6.45) is 4.01. The van der Waals surface area contributed by atoms with Gasteiger partial charge in [0, 0.05) is 54.8 Å². The molecular weight excluding hydrogens is 373 g/mol. The van der Waals surface area contributed by atoms with Crippen molar-refractivity contribution in [1.82, 2.24) is 15.0 Å². The molecule has 1 aromatic carbocycles. The third kappa shape index (κ3) is 3.61. The van der Waals surface area contributed by atoms with Crippen LogP contribution in [-0.2, 0) is 19.4 Å². The van der Waals surface area contributed by atoms with Gasteiger partial charge in [-0.25, -0.2) is 0 Å². The van der Waals surface area contributed by atoms with Gasteiger partial charge in [0.25, 0.3) is 5.91 Å². The first kappa shape index (κ1) is 17.8. The summed E-state index contributed by atoms with van der Waals surface area (Å²) in [6.45, 7) is 3.75. The molecule has 1 amide bonds. The molecular formula is C19H21Cl2N3O2. The van der Waals surface area contributed by atoms with Crippen LogP contribution in [0.5, 0.6) is 0 Å². The topological polar surface area (TPSA) is 49.6 Å². The lowest BCUT2D eigenvalue weighted by Gasteiger charge is -2.34. The van der Waals surface area contributed by atoms with E-state index in [1.165, 1.54) is 0 Å². The number of amides is 1. The largest absolute Gasteiger partial charge is 0.360 e. The van der Waals surface area contributed by atoms with Crippen LogP contribution in [0.3, 0.4) is 0 Å². The number of halogens is 2. The molecule has 1 saturated heterocycles. The zero-order chi connectivity index (χ0) is 18.1. The fourth-order valence-electron chi connectivity index (χ4n) is 3.70. The third-order valence-electron chi connectivity index (χ3n) is 5.22. The van der Waals surface area contributed by atoms with E-state index in [9.17, 15) is 4.79 Å². The molecule has 2 heterocycles. The van der Waals surface area contributed by atoms with E-state index < -0.39 is 0 Å². The van der Waals surface area contributed by atoms with Crippen LogP contribution in [0.2, 0.25) is 10.0 Å². The maximum absolute atomic E-state index is 12.8. The lowest BCUT2D eigenvalue weighted by atomic mass is 9.96. The smallest absolute Gasteiger partial charge is 0.276 e. The van der Waals surface area contributed by atoms with Gasteiger partial charge in [0.15, 0.2) is 5.69 Å². The molecule has 7 heteroatoms. The highest BCUT2D eigenvalue weighted by molar-refractivity contribution is 6.35. The first-order valence-electron chi connectivity index (χ1n) is 9.05. The predicted molar refractivity (Wildman–Crippen MR) is 101 cm³/mol. The van der Waals surface area contributed by atoms with Crippen LogP contribution in [-0.4, -0.2) is 47.0 Å². The summed E-state index contributed by atoms with van der Waals surface area (Å²) in [4.78, 5) is 17.0. The van der Waals surface area contributed by atoms with Crippen LogP contribution in [0, 0.1) is 0 Å². The van der Waals surface area contributed by atoms with Gasteiger partial charge in [-0.2, -0.15) is 0 Å². The second-order valence-electron chi connectivity index (χ2n) is 6.94. The molecule has 2 aromatic rings. The normalized spacial score (nSPS) is 18.0. The Labute approximate surface area is 162 Å². The first-order chi connectivity index (χ1) is 12.6. The fourth-order valence-corrected chi connectivity index (χ4v) is 4.17. The number of carbonyl (C=O) groups excluding carboxylic acids is 1. The Bertz CT molecular complexity index is 813. The molecule has 0 saturated carbocycles. The molecule has 138 valence electrons. The minimum atomic E-state index is 0.000996. The standard InChI is InChI=1S/C19H21Cl2N3O2/c20-14-6-5-13(16(21)11-14)12-23-7-9-24(10-8-23)19(25)18-15-3-1-2-4-17(15)26-22-18/h5-6,11H,1-4,7-10,12H2. The van der Waals surface area contributed by atoms with Gasteiger partial charge in [-0.15, -0.1) is 0 Å². The molecule has 0 bridgehead atoms. The highest BCUT2D eigenvalue weighted by Gasteiger charge is 2.29. The summed E-state index contributed by atoms with van der Waals surface area (Å²) in [6, 6.07) is 5.59. The van der Waals surface area contributed by atoms with E-state index in [1.54, 1.807) is 6.07 Å². The summed E-state index contributed by atoms with van der Waals surface area (Å²) in [5, 5.41) is 5.40. The lowest BCUT2D eigenvalue weighted by molar-refractivity contribution is 0.0617. The molecule has 0 unspecified atom stereocenters. The zero-order valence-corrected chi connectivity index (χ0v) is 16.0. The van der Waals surface area contributed by atoms with Crippen LogP contribution < -0.4 is 0 Å². The Balaban J connectivity index is 1.37. The molecule has 0 radical (unpaired) electrons. The van der Waals surface area contributed by atoms with Crippen molar-refractivity contribution in [3.8, 4) is 0 Å². The molecule has 1 aliphatic carbocycles. The van der Waals surface area contributed by atoms with E-state index in [0.29, 0.717) is 28.8 Å². The summed E-state index contributed by atoms with van der Waals surface area (Å²) in [5.41, 5.74) is 2.60. The van der Waals surface area contributed by atoms with E-state index in [-0.39, 0.29) is 5.91 Å². The van der Waals surface area contributed by atoms with Crippen molar-refractivity contribution in [1.29, 1.82) is 0 Å². The van der Waals surface area contributed by atoms with Gasteiger partial charge in [0.2, 0.25) is 0 Å². The number of piperazine rings is 1. The van der Waals surface area contributed by atoms with E-state index in [4.69, 9.17) is 27.7 Å². The highest BCUT2D eigenvalue weighted by Crippen LogP contribution is 2.26. The fraction of sp³-hybridized carbons (Fsp3) is 0.474. The van der Waals surface area contributed by atoms with Gasteiger partial charge in [-0.3, -0.25) is 9.69 Å². The highest BCUT2D eigenvalue weighted by atomic mass is 35.5. The number of fused-ring (bicyclic) bond motifs is 1. The molecule has 1 fully saturated rings. The number of hydrogen-bond donors (Lipinski definition) is 0. The van der Waals surface area contributed by atoms with Crippen LogP contribution in [0.25, 0.3) is 0 Å². The Morgan fingerprint density at radius 1 is 1.12 bits per heavy atom. The zero-order valence-electron chi connectivity index (χ0n) is 14.5.